The number of hydrogen-bond donors (Lipinski definition) is 1. The van der Waals surface area contributed by atoms with E-state index in [0.29, 0.717) is 5.41 Å². The molecule has 0 aliphatic rings. The summed E-state index contributed by atoms with van der Waals surface area (Å²) in [5, 5.41) is 3.63. The van der Waals surface area contributed by atoms with Crippen LogP contribution < -0.4 is 5.32 Å². The lowest BCUT2D eigenvalue weighted by molar-refractivity contribution is 0.286. The molecule has 0 aromatic rings. The molecule has 0 rings (SSSR count). The van der Waals surface area contributed by atoms with E-state index >= 15 is 0 Å². The molecule has 1 nitrogen and oxygen atoms in total. The van der Waals surface area contributed by atoms with E-state index in [9.17, 15) is 0 Å². The molecule has 0 heterocycles. The fourth-order valence-electron chi connectivity index (χ4n) is 2.18. The minimum absolute atomic E-state index is 0.479. The quantitative estimate of drug-likeness (QED) is 0.648. The van der Waals surface area contributed by atoms with E-state index < -0.39 is 0 Å². The van der Waals surface area contributed by atoms with Gasteiger partial charge in [0, 0.05) is 0 Å². The normalized spacial score (nSPS) is 14.6. The fraction of sp³-hybridized carbons (Fsp3) is 1.00. The summed E-state index contributed by atoms with van der Waals surface area (Å²) in [6.45, 7) is 18.6. The van der Waals surface area contributed by atoms with Gasteiger partial charge in [-0.3, -0.25) is 0 Å². The van der Waals surface area contributed by atoms with Gasteiger partial charge in [0.2, 0.25) is 0 Å². The standard InChI is InChI=1S/C16H35N/c1-13(2)10-15(8-9-16(5,6)7)12-17-11-14(3)4/h13-15,17H,8-12H2,1-7H3. The van der Waals surface area contributed by atoms with Crippen LogP contribution in [0.25, 0.3) is 0 Å². The molecule has 1 heteroatoms. The Labute approximate surface area is 110 Å². The van der Waals surface area contributed by atoms with Crippen molar-refractivity contribution in [1.82, 2.24) is 5.32 Å². The van der Waals surface area contributed by atoms with Crippen molar-refractivity contribution in [2.75, 3.05) is 13.1 Å². The van der Waals surface area contributed by atoms with Crippen LogP contribution in [0.5, 0.6) is 0 Å². The molecule has 0 aromatic carbocycles. The molecule has 0 aliphatic heterocycles. The van der Waals surface area contributed by atoms with Crippen LogP contribution in [-0.4, -0.2) is 13.1 Å². The first-order valence-electron chi connectivity index (χ1n) is 7.41. The molecular formula is C16H35N. The Morgan fingerprint density at radius 3 is 1.88 bits per heavy atom. The van der Waals surface area contributed by atoms with Gasteiger partial charge in [-0.1, -0.05) is 48.5 Å². The van der Waals surface area contributed by atoms with Gasteiger partial charge in [0.25, 0.3) is 0 Å². The first kappa shape index (κ1) is 17.0. The van der Waals surface area contributed by atoms with E-state index in [1.807, 2.05) is 0 Å². The summed E-state index contributed by atoms with van der Waals surface area (Å²) >= 11 is 0. The van der Waals surface area contributed by atoms with Crippen molar-refractivity contribution in [2.45, 2.75) is 67.7 Å². The number of hydrogen-bond acceptors (Lipinski definition) is 1. The third kappa shape index (κ3) is 12.2. The lowest BCUT2D eigenvalue weighted by atomic mass is 9.84. The lowest BCUT2D eigenvalue weighted by Gasteiger charge is -2.25. The fourth-order valence-corrected chi connectivity index (χ4v) is 2.18. The molecule has 17 heavy (non-hydrogen) atoms. The third-order valence-corrected chi connectivity index (χ3v) is 3.09. The molecule has 104 valence electrons. The Kier molecular flexibility index (Phi) is 8.11. The van der Waals surface area contributed by atoms with Crippen molar-refractivity contribution in [3.05, 3.63) is 0 Å². The van der Waals surface area contributed by atoms with E-state index in [1.165, 1.54) is 25.8 Å². The van der Waals surface area contributed by atoms with E-state index in [0.717, 1.165) is 24.3 Å². The van der Waals surface area contributed by atoms with Crippen LogP contribution in [0.15, 0.2) is 0 Å². The number of nitrogens with one attached hydrogen (secondary N) is 1. The van der Waals surface area contributed by atoms with Crippen molar-refractivity contribution in [1.29, 1.82) is 0 Å². The molecule has 0 spiro atoms. The van der Waals surface area contributed by atoms with Crippen molar-refractivity contribution in [3.63, 3.8) is 0 Å². The highest BCUT2D eigenvalue weighted by molar-refractivity contribution is 4.70. The molecule has 0 saturated heterocycles. The lowest BCUT2D eigenvalue weighted by Crippen LogP contribution is -2.28. The van der Waals surface area contributed by atoms with Crippen LogP contribution in [0.3, 0.4) is 0 Å². The number of rotatable bonds is 8. The molecule has 1 atom stereocenters. The average Bonchev–Trinajstić information content (AvgIpc) is 2.11. The highest BCUT2D eigenvalue weighted by atomic mass is 14.9. The second-order valence-electron chi connectivity index (χ2n) is 7.65. The van der Waals surface area contributed by atoms with E-state index in [4.69, 9.17) is 0 Å². The van der Waals surface area contributed by atoms with Gasteiger partial charge in [0.05, 0.1) is 0 Å². The zero-order valence-corrected chi connectivity index (χ0v) is 13.3. The molecule has 0 radical (unpaired) electrons. The van der Waals surface area contributed by atoms with Crippen molar-refractivity contribution >= 4 is 0 Å². The molecule has 0 aliphatic carbocycles. The predicted octanol–water partition coefficient (Wildman–Crippen LogP) is 4.72. The van der Waals surface area contributed by atoms with Gasteiger partial charge in [-0.15, -0.1) is 0 Å². The maximum atomic E-state index is 3.63. The van der Waals surface area contributed by atoms with Crippen LogP contribution >= 0.6 is 0 Å². The smallest absolute Gasteiger partial charge is 0.00203 e. The first-order valence-corrected chi connectivity index (χ1v) is 7.41. The van der Waals surface area contributed by atoms with Gasteiger partial charge < -0.3 is 5.32 Å². The summed E-state index contributed by atoms with van der Waals surface area (Å²) in [4.78, 5) is 0. The van der Waals surface area contributed by atoms with Gasteiger partial charge in [-0.05, 0) is 55.5 Å². The van der Waals surface area contributed by atoms with Crippen LogP contribution in [-0.2, 0) is 0 Å². The summed E-state index contributed by atoms with van der Waals surface area (Å²) in [5.74, 6) is 2.44. The van der Waals surface area contributed by atoms with E-state index in [-0.39, 0.29) is 0 Å². The topological polar surface area (TPSA) is 12.0 Å². The maximum absolute atomic E-state index is 3.63. The zero-order chi connectivity index (χ0) is 13.5. The molecule has 0 aromatic heterocycles. The van der Waals surface area contributed by atoms with E-state index in [1.54, 1.807) is 0 Å². The van der Waals surface area contributed by atoms with Crippen LogP contribution in [0.2, 0.25) is 0 Å². The average molecular weight is 241 g/mol. The van der Waals surface area contributed by atoms with Gasteiger partial charge in [-0.25, -0.2) is 0 Å². The van der Waals surface area contributed by atoms with Crippen molar-refractivity contribution < 1.29 is 0 Å². The summed E-state index contributed by atoms with van der Waals surface area (Å²) in [6, 6.07) is 0. The molecular weight excluding hydrogens is 206 g/mol. The second-order valence-corrected chi connectivity index (χ2v) is 7.65. The van der Waals surface area contributed by atoms with Crippen LogP contribution in [0.4, 0.5) is 0 Å². The highest BCUT2D eigenvalue weighted by Crippen LogP contribution is 2.26. The molecule has 1 unspecified atom stereocenters. The second kappa shape index (κ2) is 8.13. The maximum Gasteiger partial charge on any atom is -0.00203 e. The summed E-state index contributed by atoms with van der Waals surface area (Å²) in [6.07, 6.45) is 4.07. The van der Waals surface area contributed by atoms with Crippen LogP contribution in [0, 0.1) is 23.2 Å². The minimum Gasteiger partial charge on any atom is -0.316 e. The molecule has 0 saturated carbocycles. The minimum atomic E-state index is 0.479. The first-order chi connectivity index (χ1) is 7.70. The zero-order valence-electron chi connectivity index (χ0n) is 13.3. The van der Waals surface area contributed by atoms with Gasteiger partial charge in [-0.2, -0.15) is 0 Å². The predicted molar refractivity (Wildman–Crippen MR) is 79.3 cm³/mol. The summed E-state index contributed by atoms with van der Waals surface area (Å²) in [5.41, 5.74) is 0.479. The Morgan fingerprint density at radius 2 is 1.47 bits per heavy atom. The summed E-state index contributed by atoms with van der Waals surface area (Å²) < 4.78 is 0. The van der Waals surface area contributed by atoms with E-state index in [2.05, 4.69) is 53.8 Å². The van der Waals surface area contributed by atoms with Crippen molar-refractivity contribution in [3.8, 4) is 0 Å². The monoisotopic (exact) mass is 241 g/mol. The Balaban J connectivity index is 3.96. The molecule has 0 fully saturated rings. The van der Waals surface area contributed by atoms with Gasteiger partial charge in [0.15, 0.2) is 0 Å². The Morgan fingerprint density at radius 1 is 0.882 bits per heavy atom. The Bertz CT molecular complexity index is 176. The van der Waals surface area contributed by atoms with Gasteiger partial charge >= 0.3 is 0 Å². The molecule has 1 N–H and O–H groups in total. The highest BCUT2D eigenvalue weighted by Gasteiger charge is 2.16. The third-order valence-electron chi connectivity index (χ3n) is 3.09. The summed E-state index contributed by atoms with van der Waals surface area (Å²) in [7, 11) is 0. The Hall–Kier alpha value is -0.0400. The van der Waals surface area contributed by atoms with Gasteiger partial charge in [0.1, 0.15) is 0 Å². The van der Waals surface area contributed by atoms with Crippen LogP contribution in [0.1, 0.15) is 67.7 Å². The van der Waals surface area contributed by atoms with Crippen molar-refractivity contribution in [2.24, 2.45) is 23.2 Å². The molecule has 0 bridgehead atoms. The largest absolute Gasteiger partial charge is 0.316 e. The molecule has 0 amide bonds. The SMILES string of the molecule is CC(C)CNCC(CCC(C)(C)C)CC(C)C.